The molecule has 1 amide bonds. The normalized spacial score (nSPS) is 13.6. The molecule has 4 nitrogen and oxygen atoms in total. The second kappa shape index (κ2) is 6.75. The van der Waals surface area contributed by atoms with Crippen LogP contribution >= 0.6 is 11.6 Å². The molecule has 1 aromatic carbocycles. The zero-order chi connectivity index (χ0) is 15.3. The third-order valence-electron chi connectivity index (χ3n) is 3.20. The second-order valence-electron chi connectivity index (χ2n) is 5.21. The van der Waals surface area contributed by atoms with Crippen LogP contribution in [0.3, 0.4) is 0 Å². The van der Waals surface area contributed by atoms with Crippen LogP contribution in [0.1, 0.15) is 37.8 Å². The molecule has 0 saturated heterocycles. The number of hydrogen-bond acceptors (Lipinski definition) is 2. The predicted molar refractivity (Wildman–Crippen MR) is 79.0 cm³/mol. The first-order valence-corrected chi connectivity index (χ1v) is 6.95. The number of hydrogen-bond donors (Lipinski definition) is 2. The van der Waals surface area contributed by atoms with Gasteiger partial charge in [-0.1, -0.05) is 37.1 Å². The van der Waals surface area contributed by atoms with Crippen LogP contribution in [0.25, 0.3) is 0 Å². The van der Waals surface area contributed by atoms with Gasteiger partial charge in [0.15, 0.2) is 0 Å². The Morgan fingerprint density at radius 1 is 1.40 bits per heavy atom. The lowest BCUT2D eigenvalue weighted by molar-refractivity contribution is -0.147. The Morgan fingerprint density at radius 2 is 2.05 bits per heavy atom. The minimum Gasteiger partial charge on any atom is -0.480 e. The van der Waals surface area contributed by atoms with Crippen molar-refractivity contribution in [2.24, 2.45) is 0 Å². The van der Waals surface area contributed by atoms with Gasteiger partial charge in [-0.2, -0.15) is 0 Å². The van der Waals surface area contributed by atoms with E-state index in [1.807, 2.05) is 19.9 Å². The average molecular weight is 298 g/mol. The summed E-state index contributed by atoms with van der Waals surface area (Å²) in [6.45, 7) is 5.32. The van der Waals surface area contributed by atoms with Gasteiger partial charge in [-0.15, -0.1) is 0 Å². The van der Waals surface area contributed by atoms with Crippen LogP contribution in [-0.2, 0) is 16.0 Å². The number of halogens is 1. The molecule has 0 aliphatic heterocycles. The Hall–Kier alpha value is -1.55. The molecule has 0 saturated carbocycles. The summed E-state index contributed by atoms with van der Waals surface area (Å²) in [5, 5.41) is 12.3. The zero-order valence-corrected chi connectivity index (χ0v) is 12.8. The fourth-order valence-corrected chi connectivity index (χ4v) is 2.35. The van der Waals surface area contributed by atoms with Crippen molar-refractivity contribution >= 4 is 23.5 Å². The molecule has 110 valence electrons. The molecule has 1 unspecified atom stereocenters. The number of carboxylic acid groups (broad SMARTS) is 1. The highest BCUT2D eigenvalue weighted by molar-refractivity contribution is 6.31. The maximum absolute atomic E-state index is 12.0. The first-order chi connectivity index (χ1) is 9.28. The molecule has 0 heterocycles. The van der Waals surface area contributed by atoms with Crippen molar-refractivity contribution in [2.75, 3.05) is 0 Å². The SMILES string of the molecule is CCCC(C)(NC(=O)Cc1ccc(C)cc1Cl)C(=O)O. The largest absolute Gasteiger partial charge is 0.480 e. The first-order valence-electron chi connectivity index (χ1n) is 6.58. The van der Waals surface area contributed by atoms with Crippen LogP contribution in [-0.4, -0.2) is 22.5 Å². The minimum atomic E-state index is -1.23. The molecule has 0 aliphatic rings. The van der Waals surface area contributed by atoms with E-state index in [4.69, 9.17) is 11.6 Å². The Bertz CT molecular complexity index is 516. The van der Waals surface area contributed by atoms with Crippen LogP contribution in [0.5, 0.6) is 0 Å². The topological polar surface area (TPSA) is 66.4 Å². The molecule has 20 heavy (non-hydrogen) atoms. The molecular formula is C15H20ClNO3. The molecule has 5 heteroatoms. The van der Waals surface area contributed by atoms with Gasteiger partial charge >= 0.3 is 5.97 Å². The highest BCUT2D eigenvalue weighted by Crippen LogP contribution is 2.19. The summed E-state index contributed by atoms with van der Waals surface area (Å²) in [6, 6.07) is 5.44. The fourth-order valence-electron chi connectivity index (χ4n) is 2.04. The molecule has 0 spiro atoms. The van der Waals surface area contributed by atoms with E-state index >= 15 is 0 Å². The third-order valence-corrected chi connectivity index (χ3v) is 3.55. The highest BCUT2D eigenvalue weighted by Gasteiger charge is 2.33. The number of carboxylic acids is 1. The lowest BCUT2D eigenvalue weighted by Crippen LogP contribution is -2.52. The van der Waals surface area contributed by atoms with E-state index in [0.717, 1.165) is 5.56 Å². The number of benzene rings is 1. The van der Waals surface area contributed by atoms with Crippen LogP contribution < -0.4 is 5.32 Å². The van der Waals surface area contributed by atoms with Crippen molar-refractivity contribution in [3.05, 3.63) is 34.3 Å². The van der Waals surface area contributed by atoms with Gasteiger partial charge in [-0.25, -0.2) is 4.79 Å². The lowest BCUT2D eigenvalue weighted by Gasteiger charge is -2.25. The second-order valence-corrected chi connectivity index (χ2v) is 5.61. The molecule has 0 radical (unpaired) electrons. The minimum absolute atomic E-state index is 0.0751. The first kappa shape index (κ1) is 16.5. The van der Waals surface area contributed by atoms with Crippen LogP contribution in [0.2, 0.25) is 5.02 Å². The smallest absolute Gasteiger partial charge is 0.329 e. The number of aliphatic carboxylic acids is 1. The molecule has 1 atom stereocenters. The van der Waals surface area contributed by atoms with Crippen molar-refractivity contribution in [2.45, 2.75) is 45.6 Å². The Kier molecular flexibility index (Phi) is 5.57. The van der Waals surface area contributed by atoms with Crippen LogP contribution in [0.15, 0.2) is 18.2 Å². The number of carbonyl (C=O) groups is 2. The van der Waals surface area contributed by atoms with Crippen molar-refractivity contribution in [3.8, 4) is 0 Å². The zero-order valence-electron chi connectivity index (χ0n) is 12.0. The van der Waals surface area contributed by atoms with E-state index < -0.39 is 11.5 Å². The summed E-state index contributed by atoms with van der Waals surface area (Å²) in [5.41, 5.74) is 0.475. The molecule has 0 fully saturated rings. The molecule has 1 aromatic rings. The van der Waals surface area contributed by atoms with Crippen molar-refractivity contribution < 1.29 is 14.7 Å². The lowest BCUT2D eigenvalue weighted by atomic mass is 9.95. The quantitative estimate of drug-likeness (QED) is 0.848. The van der Waals surface area contributed by atoms with Gasteiger partial charge < -0.3 is 10.4 Å². The summed E-state index contributed by atoms with van der Waals surface area (Å²) < 4.78 is 0. The van der Waals surface area contributed by atoms with E-state index in [2.05, 4.69) is 5.32 Å². The number of carbonyl (C=O) groups excluding carboxylic acids is 1. The van der Waals surface area contributed by atoms with Crippen molar-refractivity contribution in [1.29, 1.82) is 0 Å². The van der Waals surface area contributed by atoms with Gasteiger partial charge in [-0.05, 0) is 37.5 Å². The summed E-state index contributed by atoms with van der Waals surface area (Å²) in [5.74, 6) is -1.36. The summed E-state index contributed by atoms with van der Waals surface area (Å²) in [4.78, 5) is 23.3. The van der Waals surface area contributed by atoms with Gasteiger partial charge in [0.05, 0.1) is 6.42 Å². The Labute approximate surface area is 124 Å². The number of amides is 1. The molecule has 2 N–H and O–H groups in total. The average Bonchev–Trinajstić information content (AvgIpc) is 2.32. The van der Waals surface area contributed by atoms with Crippen LogP contribution in [0.4, 0.5) is 0 Å². The van der Waals surface area contributed by atoms with Gasteiger partial charge in [-0.3, -0.25) is 4.79 Å². The highest BCUT2D eigenvalue weighted by atomic mass is 35.5. The molecule has 1 rings (SSSR count). The van der Waals surface area contributed by atoms with Gasteiger partial charge in [0.25, 0.3) is 0 Å². The number of nitrogens with one attached hydrogen (secondary N) is 1. The number of rotatable bonds is 6. The van der Waals surface area contributed by atoms with E-state index in [0.29, 0.717) is 23.4 Å². The Morgan fingerprint density at radius 3 is 2.55 bits per heavy atom. The van der Waals surface area contributed by atoms with Crippen molar-refractivity contribution in [3.63, 3.8) is 0 Å². The molecule has 0 bridgehead atoms. The third kappa shape index (κ3) is 4.23. The number of aryl methyl sites for hydroxylation is 1. The summed E-state index contributed by atoms with van der Waals surface area (Å²) in [6.07, 6.45) is 1.13. The monoisotopic (exact) mass is 297 g/mol. The predicted octanol–water partition coefficient (Wildman–Crippen LogP) is 2.95. The molecule has 0 aromatic heterocycles. The fraction of sp³-hybridized carbons (Fsp3) is 0.467. The summed E-state index contributed by atoms with van der Waals surface area (Å²) in [7, 11) is 0. The van der Waals surface area contributed by atoms with Gasteiger partial charge in [0.2, 0.25) is 5.91 Å². The van der Waals surface area contributed by atoms with E-state index in [1.165, 1.54) is 6.92 Å². The maximum Gasteiger partial charge on any atom is 0.329 e. The molecular weight excluding hydrogens is 278 g/mol. The van der Waals surface area contributed by atoms with Gasteiger partial charge in [0, 0.05) is 5.02 Å². The van der Waals surface area contributed by atoms with Crippen molar-refractivity contribution in [1.82, 2.24) is 5.32 Å². The van der Waals surface area contributed by atoms with Gasteiger partial charge in [0.1, 0.15) is 5.54 Å². The van der Waals surface area contributed by atoms with E-state index in [-0.39, 0.29) is 12.3 Å². The van der Waals surface area contributed by atoms with E-state index in [9.17, 15) is 14.7 Å². The van der Waals surface area contributed by atoms with Crippen LogP contribution in [0, 0.1) is 6.92 Å². The Balaban J connectivity index is 2.78. The standard InChI is InChI=1S/C15H20ClNO3/c1-4-7-15(3,14(19)20)17-13(18)9-11-6-5-10(2)8-12(11)16/h5-6,8H,4,7,9H2,1-3H3,(H,17,18)(H,19,20). The summed E-state index contributed by atoms with van der Waals surface area (Å²) >= 11 is 6.07. The van der Waals surface area contributed by atoms with E-state index in [1.54, 1.807) is 12.1 Å². The maximum atomic E-state index is 12.0. The molecule has 0 aliphatic carbocycles.